The Kier molecular flexibility index (Phi) is 4.13. The molecule has 1 saturated heterocycles. The average Bonchev–Trinajstić information content (AvgIpc) is 3.37. The molecule has 5 atom stereocenters. The third kappa shape index (κ3) is 2.83. The fourth-order valence-corrected chi connectivity index (χ4v) is 7.15. The molecule has 9 heteroatoms. The normalized spacial score (nSPS) is 30.8. The number of aromatic nitrogens is 1. The Hall–Kier alpha value is -2.23. The minimum Gasteiger partial charge on any atom is -0.436 e. The molecule has 1 amide bonds. The number of hydrogen-bond donors (Lipinski definition) is 2. The molecule has 2 saturated carbocycles. The van der Waals surface area contributed by atoms with E-state index in [9.17, 15) is 18.3 Å². The van der Waals surface area contributed by atoms with E-state index in [0.29, 0.717) is 29.7 Å². The summed E-state index contributed by atoms with van der Waals surface area (Å²) in [6, 6.07) is 5.79. The van der Waals surface area contributed by atoms with E-state index in [1.807, 2.05) is 0 Å². The predicted octanol–water partition coefficient (Wildman–Crippen LogP) is 1.93. The van der Waals surface area contributed by atoms with Gasteiger partial charge in [0.05, 0.1) is 22.7 Å². The summed E-state index contributed by atoms with van der Waals surface area (Å²) >= 11 is 0. The van der Waals surface area contributed by atoms with Crippen LogP contribution in [0.2, 0.25) is 0 Å². The predicted molar refractivity (Wildman–Crippen MR) is 104 cm³/mol. The highest BCUT2D eigenvalue weighted by atomic mass is 32.2. The van der Waals surface area contributed by atoms with Gasteiger partial charge in [0.2, 0.25) is 15.8 Å². The first-order chi connectivity index (χ1) is 13.8. The van der Waals surface area contributed by atoms with Crippen LogP contribution in [0.1, 0.15) is 35.0 Å². The van der Waals surface area contributed by atoms with Crippen molar-refractivity contribution in [1.82, 2.24) is 9.29 Å². The van der Waals surface area contributed by atoms with Crippen LogP contribution in [0.15, 0.2) is 33.6 Å². The quantitative estimate of drug-likeness (QED) is 0.786. The van der Waals surface area contributed by atoms with E-state index in [1.165, 1.54) is 16.4 Å². The number of fused-ring (bicyclic) bond motifs is 1. The van der Waals surface area contributed by atoms with Crippen LogP contribution < -0.4 is 5.32 Å². The molecule has 2 aliphatic carbocycles. The van der Waals surface area contributed by atoms with E-state index < -0.39 is 22.0 Å². The molecule has 2 bridgehead atoms. The van der Waals surface area contributed by atoms with Crippen molar-refractivity contribution in [2.75, 3.05) is 11.9 Å². The molecule has 1 aliphatic heterocycles. The lowest BCUT2D eigenvalue weighted by Crippen LogP contribution is -2.43. The first-order valence-corrected chi connectivity index (χ1v) is 11.2. The number of carbonyl (C=O) groups excluding carboxylic acids is 1. The van der Waals surface area contributed by atoms with Crippen molar-refractivity contribution in [2.45, 2.75) is 43.7 Å². The molecule has 1 aromatic carbocycles. The van der Waals surface area contributed by atoms with E-state index in [1.54, 1.807) is 26.0 Å². The molecule has 154 valence electrons. The molecule has 1 aromatic heterocycles. The van der Waals surface area contributed by atoms with Crippen LogP contribution >= 0.6 is 0 Å². The molecule has 3 fully saturated rings. The Balaban J connectivity index is 1.35. The third-order valence-electron chi connectivity index (χ3n) is 6.63. The smallest absolute Gasteiger partial charge is 0.293 e. The molecule has 8 nitrogen and oxygen atoms in total. The Morgan fingerprint density at radius 2 is 1.93 bits per heavy atom. The molecular weight excluding hydrogens is 394 g/mol. The summed E-state index contributed by atoms with van der Waals surface area (Å²) in [6.07, 6.45) is 1.27. The number of amides is 1. The van der Waals surface area contributed by atoms with Gasteiger partial charge in [0.1, 0.15) is 0 Å². The highest BCUT2D eigenvalue weighted by molar-refractivity contribution is 7.89. The summed E-state index contributed by atoms with van der Waals surface area (Å²) < 4.78 is 33.2. The lowest BCUT2D eigenvalue weighted by Gasteiger charge is -2.28. The highest BCUT2D eigenvalue weighted by Gasteiger charge is 2.61. The molecule has 29 heavy (non-hydrogen) atoms. The second kappa shape index (κ2) is 6.38. The molecular formula is C20H23N3O5S. The first-order valence-electron chi connectivity index (χ1n) is 9.81. The van der Waals surface area contributed by atoms with Gasteiger partial charge in [-0.15, -0.1) is 0 Å². The molecule has 3 aliphatic rings. The second-order valence-electron chi connectivity index (χ2n) is 8.34. The first kappa shape index (κ1) is 18.8. The highest BCUT2D eigenvalue weighted by Crippen LogP contribution is 2.56. The van der Waals surface area contributed by atoms with Gasteiger partial charge in [-0.1, -0.05) is 0 Å². The van der Waals surface area contributed by atoms with Crippen LogP contribution in [0.3, 0.4) is 0 Å². The maximum atomic E-state index is 13.2. The van der Waals surface area contributed by atoms with Gasteiger partial charge in [-0.2, -0.15) is 4.31 Å². The number of carbonyl (C=O) groups is 1. The number of aliphatic hydroxyl groups excluding tert-OH is 1. The van der Waals surface area contributed by atoms with Crippen LogP contribution in [0.4, 0.5) is 5.69 Å². The summed E-state index contributed by atoms with van der Waals surface area (Å²) in [4.78, 5) is 16.6. The van der Waals surface area contributed by atoms with Gasteiger partial charge >= 0.3 is 0 Å². The van der Waals surface area contributed by atoms with Crippen molar-refractivity contribution in [2.24, 2.45) is 17.8 Å². The Morgan fingerprint density at radius 1 is 1.21 bits per heavy atom. The number of oxazole rings is 1. The van der Waals surface area contributed by atoms with E-state index in [-0.39, 0.29) is 28.5 Å². The number of hydrogen-bond acceptors (Lipinski definition) is 6. The zero-order valence-electron chi connectivity index (χ0n) is 16.2. The van der Waals surface area contributed by atoms with Crippen LogP contribution in [-0.2, 0) is 10.0 Å². The fraction of sp³-hybridized carbons (Fsp3) is 0.500. The lowest BCUT2D eigenvalue weighted by molar-refractivity contribution is 0.0731. The van der Waals surface area contributed by atoms with E-state index in [2.05, 4.69) is 10.3 Å². The summed E-state index contributed by atoms with van der Waals surface area (Å²) in [7, 11) is -3.70. The molecule has 2 aromatic rings. The van der Waals surface area contributed by atoms with Crippen LogP contribution in [0.5, 0.6) is 0 Å². The largest absolute Gasteiger partial charge is 0.436 e. The average molecular weight is 417 g/mol. The van der Waals surface area contributed by atoms with E-state index in [0.717, 1.165) is 12.8 Å². The van der Waals surface area contributed by atoms with Gasteiger partial charge in [0, 0.05) is 19.2 Å². The maximum Gasteiger partial charge on any atom is 0.293 e. The van der Waals surface area contributed by atoms with Gasteiger partial charge in [0.25, 0.3) is 5.91 Å². The third-order valence-corrected chi connectivity index (χ3v) is 8.51. The van der Waals surface area contributed by atoms with Crippen molar-refractivity contribution < 1.29 is 22.7 Å². The second-order valence-corrected chi connectivity index (χ2v) is 10.2. The van der Waals surface area contributed by atoms with E-state index in [4.69, 9.17) is 4.42 Å². The standard InChI is InChI=1S/C20H23N3O5S/c1-10-19(28-11(2)21-10)20(25)22-14-3-5-15(6-4-14)29(26,27)23-9-13-7-12-8-16(13)17(23)18(12)24/h3-6,12-13,16-18,24H,7-9H2,1-2H3,(H,22,25)/t12-,13-,16+,17+,18+/m0/s1. The summed E-state index contributed by atoms with van der Waals surface area (Å²) in [5.41, 5.74) is 0.959. The van der Waals surface area contributed by atoms with Crippen molar-refractivity contribution >= 4 is 21.6 Å². The number of nitrogens with zero attached hydrogens (tertiary/aromatic N) is 2. The zero-order chi connectivity index (χ0) is 20.5. The summed E-state index contributed by atoms with van der Waals surface area (Å²) in [5.74, 6) is 0.972. The summed E-state index contributed by atoms with van der Waals surface area (Å²) in [6.45, 7) is 3.83. The minimum atomic E-state index is -3.70. The molecule has 0 spiro atoms. The maximum absolute atomic E-state index is 13.2. The minimum absolute atomic E-state index is 0.136. The van der Waals surface area contributed by atoms with Gasteiger partial charge in [-0.05, 0) is 61.8 Å². The van der Waals surface area contributed by atoms with Crippen molar-refractivity contribution in [1.29, 1.82) is 0 Å². The monoisotopic (exact) mass is 417 g/mol. The number of rotatable bonds is 4. The lowest BCUT2D eigenvalue weighted by atomic mass is 9.88. The van der Waals surface area contributed by atoms with Gasteiger partial charge < -0.3 is 14.8 Å². The van der Waals surface area contributed by atoms with Crippen LogP contribution in [0, 0.1) is 31.6 Å². The molecule has 5 rings (SSSR count). The number of sulfonamides is 1. The SMILES string of the molecule is Cc1nc(C)c(C(=O)Nc2ccc(S(=O)(=O)N3C[C@@H]4C[C@H]5C[C@H]4[C@@H]3[C@@H]5O)cc2)o1. The Labute approximate surface area is 169 Å². The van der Waals surface area contributed by atoms with Crippen molar-refractivity contribution in [3.8, 4) is 0 Å². The number of benzene rings is 1. The Bertz CT molecular complexity index is 1080. The van der Waals surface area contributed by atoms with Crippen molar-refractivity contribution in [3.63, 3.8) is 0 Å². The number of nitrogens with one attached hydrogen (secondary N) is 1. The van der Waals surface area contributed by atoms with Gasteiger partial charge in [-0.25, -0.2) is 13.4 Å². The fourth-order valence-electron chi connectivity index (χ4n) is 5.41. The van der Waals surface area contributed by atoms with E-state index >= 15 is 0 Å². The van der Waals surface area contributed by atoms with Gasteiger partial charge in [-0.3, -0.25) is 4.79 Å². The molecule has 0 unspecified atom stereocenters. The zero-order valence-corrected chi connectivity index (χ0v) is 17.0. The topological polar surface area (TPSA) is 113 Å². The van der Waals surface area contributed by atoms with Gasteiger partial charge in [0.15, 0.2) is 5.89 Å². The number of anilines is 1. The number of aliphatic hydroxyl groups is 1. The van der Waals surface area contributed by atoms with Crippen LogP contribution in [-0.4, -0.2) is 47.4 Å². The molecule has 2 N–H and O–H groups in total. The summed E-state index contributed by atoms with van der Waals surface area (Å²) in [5, 5.41) is 13.2. The Morgan fingerprint density at radius 3 is 2.55 bits per heavy atom. The van der Waals surface area contributed by atoms with Crippen LogP contribution in [0.25, 0.3) is 0 Å². The van der Waals surface area contributed by atoms with Crippen molar-refractivity contribution in [3.05, 3.63) is 41.6 Å². The molecule has 2 heterocycles. The number of aryl methyl sites for hydroxylation is 2. The molecule has 0 radical (unpaired) electrons.